The van der Waals surface area contributed by atoms with Crippen LogP contribution >= 0.6 is 11.6 Å². The fourth-order valence-corrected chi connectivity index (χ4v) is 2.88. The second-order valence-corrected chi connectivity index (χ2v) is 5.88. The predicted octanol–water partition coefficient (Wildman–Crippen LogP) is 4.38. The molecular formula is C17H22ClFN2O2. The van der Waals surface area contributed by atoms with Crippen molar-refractivity contribution in [1.82, 2.24) is 10.3 Å². The highest BCUT2D eigenvalue weighted by molar-refractivity contribution is 6.35. The van der Waals surface area contributed by atoms with Gasteiger partial charge in [0, 0.05) is 24.0 Å². The van der Waals surface area contributed by atoms with Crippen LogP contribution in [-0.4, -0.2) is 24.5 Å². The standard InChI is InChI=1S/C17H22ClFN2O2/c1-3-5-6-23-14-7-12-13(11(4-2)8-20-10-22)9-21-17(12)15(18)16(14)19/h7,9-11,21H,3-6,8H2,1-2H3,(H,20,22). The number of hydrogen-bond donors (Lipinski definition) is 2. The van der Waals surface area contributed by atoms with Gasteiger partial charge in [0.25, 0.3) is 0 Å². The summed E-state index contributed by atoms with van der Waals surface area (Å²) in [6.45, 7) is 5.07. The minimum absolute atomic E-state index is 0.0402. The van der Waals surface area contributed by atoms with E-state index in [1.807, 2.05) is 20.0 Å². The Morgan fingerprint density at radius 2 is 2.26 bits per heavy atom. The van der Waals surface area contributed by atoms with Crippen molar-refractivity contribution in [2.45, 2.75) is 39.0 Å². The van der Waals surface area contributed by atoms with Gasteiger partial charge in [0.15, 0.2) is 11.6 Å². The average molecular weight is 341 g/mol. The quantitative estimate of drug-likeness (QED) is 0.525. The highest BCUT2D eigenvalue weighted by Gasteiger charge is 2.20. The van der Waals surface area contributed by atoms with Crippen molar-refractivity contribution in [2.24, 2.45) is 0 Å². The molecular weight excluding hydrogens is 319 g/mol. The molecule has 23 heavy (non-hydrogen) atoms. The van der Waals surface area contributed by atoms with Crippen LogP contribution in [0.2, 0.25) is 5.02 Å². The SMILES string of the molecule is CCCCOc1cc2c(C(CC)CNC=O)c[nH]c2c(Cl)c1F. The molecule has 0 spiro atoms. The lowest BCUT2D eigenvalue weighted by Crippen LogP contribution is -2.19. The van der Waals surface area contributed by atoms with Gasteiger partial charge in [-0.2, -0.15) is 0 Å². The molecule has 2 aromatic rings. The second-order valence-electron chi connectivity index (χ2n) is 5.50. The summed E-state index contributed by atoms with van der Waals surface area (Å²) in [6.07, 6.45) is 5.18. The van der Waals surface area contributed by atoms with Crippen molar-refractivity contribution in [3.63, 3.8) is 0 Å². The maximum absolute atomic E-state index is 14.3. The molecule has 1 atom stereocenters. The van der Waals surface area contributed by atoms with Crippen molar-refractivity contribution in [3.05, 3.63) is 28.7 Å². The number of aromatic amines is 1. The molecule has 6 heteroatoms. The molecule has 0 saturated carbocycles. The zero-order valence-corrected chi connectivity index (χ0v) is 14.2. The number of nitrogens with one attached hydrogen (secondary N) is 2. The molecule has 0 aliphatic heterocycles. The van der Waals surface area contributed by atoms with E-state index < -0.39 is 5.82 Å². The zero-order valence-electron chi connectivity index (χ0n) is 13.4. The summed E-state index contributed by atoms with van der Waals surface area (Å²) in [6, 6.07) is 1.70. The van der Waals surface area contributed by atoms with Crippen LogP contribution in [0.25, 0.3) is 10.9 Å². The predicted molar refractivity (Wildman–Crippen MR) is 90.8 cm³/mol. The molecule has 0 radical (unpaired) electrons. The van der Waals surface area contributed by atoms with Crippen LogP contribution in [0.3, 0.4) is 0 Å². The monoisotopic (exact) mass is 340 g/mol. The van der Waals surface area contributed by atoms with Gasteiger partial charge < -0.3 is 15.0 Å². The topological polar surface area (TPSA) is 54.1 Å². The smallest absolute Gasteiger partial charge is 0.207 e. The number of ether oxygens (including phenoxy) is 1. The van der Waals surface area contributed by atoms with Crippen LogP contribution < -0.4 is 10.1 Å². The van der Waals surface area contributed by atoms with E-state index in [0.29, 0.717) is 25.1 Å². The number of halogens is 2. The Kier molecular flexibility index (Phi) is 6.28. The Morgan fingerprint density at radius 3 is 2.91 bits per heavy atom. The van der Waals surface area contributed by atoms with Crippen molar-refractivity contribution in [2.75, 3.05) is 13.2 Å². The van der Waals surface area contributed by atoms with Gasteiger partial charge >= 0.3 is 0 Å². The zero-order chi connectivity index (χ0) is 16.8. The summed E-state index contributed by atoms with van der Waals surface area (Å²) in [5.41, 5.74) is 1.56. The first-order valence-electron chi connectivity index (χ1n) is 7.92. The third-order valence-corrected chi connectivity index (χ3v) is 4.35. The molecule has 4 nitrogen and oxygen atoms in total. The average Bonchev–Trinajstić information content (AvgIpc) is 2.97. The minimum Gasteiger partial charge on any atom is -0.490 e. The molecule has 2 N–H and O–H groups in total. The number of H-pyrrole nitrogens is 1. The summed E-state index contributed by atoms with van der Waals surface area (Å²) in [5.74, 6) is -0.239. The maximum atomic E-state index is 14.3. The summed E-state index contributed by atoms with van der Waals surface area (Å²) in [4.78, 5) is 13.6. The van der Waals surface area contributed by atoms with Crippen LogP contribution in [0, 0.1) is 5.82 Å². The molecule has 1 unspecified atom stereocenters. The lowest BCUT2D eigenvalue weighted by atomic mass is 9.96. The Morgan fingerprint density at radius 1 is 1.48 bits per heavy atom. The van der Waals surface area contributed by atoms with Gasteiger partial charge in [-0.3, -0.25) is 4.79 Å². The highest BCUT2D eigenvalue weighted by atomic mass is 35.5. The van der Waals surface area contributed by atoms with Crippen molar-refractivity contribution >= 4 is 28.9 Å². The number of amides is 1. The van der Waals surface area contributed by atoms with Crippen molar-refractivity contribution in [3.8, 4) is 5.75 Å². The van der Waals surface area contributed by atoms with E-state index in [0.717, 1.165) is 30.2 Å². The van der Waals surface area contributed by atoms with E-state index in [1.54, 1.807) is 6.07 Å². The lowest BCUT2D eigenvalue weighted by Gasteiger charge is -2.14. The normalized spacial score (nSPS) is 12.3. The number of aromatic nitrogens is 1. The Balaban J connectivity index is 2.41. The molecule has 0 saturated heterocycles. The van der Waals surface area contributed by atoms with Crippen LogP contribution in [0.4, 0.5) is 4.39 Å². The van der Waals surface area contributed by atoms with Crippen LogP contribution in [0.15, 0.2) is 12.3 Å². The minimum atomic E-state index is -0.539. The molecule has 1 aromatic carbocycles. The third kappa shape index (κ3) is 3.78. The number of fused-ring (bicyclic) bond motifs is 1. The van der Waals surface area contributed by atoms with Gasteiger partial charge in [0.05, 0.1) is 12.1 Å². The molecule has 126 valence electrons. The number of unbranched alkanes of at least 4 members (excludes halogenated alkanes) is 1. The van der Waals surface area contributed by atoms with Gasteiger partial charge in [-0.15, -0.1) is 0 Å². The first-order chi connectivity index (χ1) is 11.1. The van der Waals surface area contributed by atoms with E-state index >= 15 is 0 Å². The Bertz CT molecular complexity index is 672. The van der Waals surface area contributed by atoms with Gasteiger partial charge in [-0.1, -0.05) is 31.9 Å². The van der Waals surface area contributed by atoms with Gasteiger partial charge in [0.1, 0.15) is 5.02 Å². The third-order valence-electron chi connectivity index (χ3n) is 3.99. The van der Waals surface area contributed by atoms with E-state index in [2.05, 4.69) is 10.3 Å². The fraction of sp³-hybridized carbons (Fsp3) is 0.471. The van der Waals surface area contributed by atoms with Gasteiger partial charge in [-0.25, -0.2) is 4.39 Å². The first kappa shape index (κ1) is 17.6. The molecule has 2 rings (SSSR count). The van der Waals surface area contributed by atoms with Crippen molar-refractivity contribution < 1.29 is 13.9 Å². The fourth-order valence-electron chi connectivity index (χ4n) is 2.63. The summed E-state index contributed by atoms with van der Waals surface area (Å²) in [5, 5.41) is 3.58. The van der Waals surface area contributed by atoms with E-state index in [1.165, 1.54) is 0 Å². The molecule has 0 aliphatic carbocycles. The number of hydrogen-bond acceptors (Lipinski definition) is 2. The van der Waals surface area contributed by atoms with Gasteiger partial charge in [-0.05, 0) is 24.5 Å². The molecule has 0 fully saturated rings. The molecule has 1 amide bonds. The summed E-state index contributed by atoms with van der Waals surface area (Å²) < 4.78 is 19.9. The molecule has 1 aromatic heterocycles. The van der Waals surface area contributed by atoms with E-state index in [4.69, 9.17) is 16.3 Å². The van der Waals surface area contributed by atoms with Gasteiger partial charge in [0.2, 0.25) is 6.41 Å². The molecule has 1 heterocycles. The lowest BCUT2D eigenvalue weighted by molar-refractivity contribution is -0.109. The van der Waals surface area contributed by atoms with Crippen LogP contribution in [0.1, 0.15) is 44.6 Å². The number of carbonyl (C=O) groups is 1. The first-order valence-corrected chi connectivity index (χ1v) is 8.30. The molecule has 0 bridgehead atoms. The second kappa shape index (κ2) is 8.20. The summed E-state index contributed by atoms with van der Waals surface area (Å²) >= 11 is 6.15. The maximum Gasteiger partial charge on any atom is 0.207 e. The molecule has 0 aliphatic rings. The number of rotatable bonds is 9. The van der Waals surface area contributed by atoms with Crippen LogP contribution in [-0.2, 0) is 4.79 Å². The van der Waals surface area contributed by atoms with Crippen LogP contribution in [0.5, 0.6) is 5.75 Å². The Labute approximate surface area is 140 Å². The van der Waals surface area contributed by atoms with E-state index in [-0.39, 0.29) is 16.7 Å². The summed E-state index contributed by atoms with van der Waals surface area (Å²) in [7, 11) is 0. The highest BCUT2D eigenvalue weighted by Crippen LogP contribution is 2.37. The van der Waals surface area contributed by atoms with E-state index in [9.17, 15) is 9.18 Å². The number of carbonyl (C=O) groups excluding carboxylic acids is 1. The Hall–Kier alpha value is -1.75. The van der Waals surface area contributed by atoms with Crippen molar-refractivity contribution in [1.29, 1.82) is 0 Å². The largest absolute Gasteiger partial charge is 0.490 e. The number of benzene rings is 1.